The summed E-state index contributed by atoms with van der Waals surface area (Å²) in [5, 5.41) is 39.3. The second-order valence-electron chi connectivity index (χ2n) is 5.13. The lowest BCUT2D eigenvalue weighted by Crippen LogP contribution is -1.97. The van der Waals surface area contributed by atoms with E-state index in [0.717, 1.165) is 6.07 Å². The van der Waals surface area contributed by atoms with Crippen molar-refractivity contribution in [2.24, 2.45) is 0 Å². The third kappa shape index (κ3) is 3.96. The Balaban J connectivity index is 2.53. The number of ether oxygens (including phenoxy) is 1. The lowest BCUT2D eigenvalue weighted by molar-refractivity contribution is -0.386. The van der Waals surface area contributed by atoms with Crippen LogP contribution in [0.5, 0.6) is 11.5 Å². The third-order valence-electron chi connectivity index (χ3n) is 3.45. The standard InChI is InChI=1S/C18H14N2O6/c1-2-26-16-9-11(8-15(17(16)21)20(24)25)7-14(10-19)12-3-5-13(6-4-12)18(22)23/h3-9,21H,2H2,1H3,(H,22,23)/b14-7-. The van der Waals surface area contributed by atoms with Crippen molar-refractivity contribution in [3.63, 3.8) is 0 Å². The van der Waals surface area contributed by atoms with Crippen LogP contribution in [0.15, 0.2) is 36.4 Å². The Morgan fingerprint density at radius 3 is 2.42 bits per heavy atom. The Morgan fingerprint density at radius 2 is 1.92 bits per heavy atom. The third-order valence-corrected chi connectivity index (χ3v) is 3.45. The van der Waals surface area contributed by atoms with E-state index in [1.807, 2.05) is 6.07 Å². The van der Waals surface area contributed by atoms with Crippen LogP contribution in [0, 0.1) is 21.4 Å². The minimum Gasteiger partial charge on any atom is -0.500 e. The van der Waals surface area contributed by atoms with Gasteiger partial charge in [-0.2, -0.15) is 5.26 Å². The number of phenolic OH excluding ortho intramolecular Hbond substituents is 1. The fourth-order valence-corrected chi connectivity index (χ4v) is 2.24. The lowest BCUT2D eigenvalue weighted by atomic mass is 10.0. The van der Waals surface area contributed by atoms with Crippen LogP contribution in [-0.4, -0.2) is 27.7 Å². The van der Waals surface area contributed by atoms with Crippen molar-refractivity contribution >= 4 is 23.3 Å². The molecule has 0 saturated heterocycles. The lowest BCUT2D eigenvalue weighted by Gasteiger charge is -2.08. The van der Waals surface area contributed by atoms with E-state index in [4.69, 9.17) is 9.84 Å². The van der Waals surface area contributed by atoms with Gasteiger partial charge in [-0.25, -0.2) is 4.79 Å². The molecule has 2 aromatic carbocycles. The number of aromatic hydroxyl groups is 1. The van der Waals surface area contributed by atoms with E-state index in [9.17, 15) is 25.3 Å². The molecule has 0 bridgehead atoms. The average Bonchev–Trinajstić information content (AvgIpc) is 2.62. The molecule has 0 aliphatic heterocycles. The number of carboxylic acids is 1. The molecule has 2 rings (SSSR count). The molecule has 0 aromatic heterocycles. The Labute approximate surface area is 148 Å². The summed E-state index contributed by atoms with van der Waals surface area (Å²) in [6.07, 6.45) is 1.39. The highest BCUT2D eigenvalue weighted by molar-refractivity contribution is 5.92. The van der Waals surface area contributed by atoms with Gasteiger partial charge in [0.1, 0.15) is 0 Å². The van der Waals surface area contributed by atoms with Crippen LogP contribution in [0.1, 0.15) is 28.4 Å². The Bertz CT molecular complexity index is 926. The molecule has 8 heteroatoms. The molecule has 0 fully saturated rings. The minimum absolute atomic E-state index is 0.0635. The molecule has 0 aliphatic rings. The zero-order valence-electron chi connectivity index (χ0n) is 13.7. The number of nitriles is 1. The summed E-state index contributed by atoms with van der Waals surface area (Å²) in [4.78, 5) is 21.3. The smallest absolute Gasteiger partial charge is 0.335 e. The number of rotatable bonds is 6. The summed E-state index contributed by atoms with van der Waals surface area (Å²) in [5.74, 6) is -1.74. The number of nitro benzene ring substituents is 1. The summed E-state index contributed by atoms with van der Waals surface area (Å²) in [7, 11) is 0. The van der Waals surface area contributed by atoms with Gasteiger partial charge >= 0.3 is 11.7 Å². The van der Waals surface area contributed by atoms with Gasteiger partial charge in [-0.1, -0.05) is 12.1 Å². The average molecular weight is 354 g/mol. The molecule has 26 heavy (non-hydrogen) atoms. The number of nitro groups is 1. The van der Waals surface area contributed by atoms with Gasteiger partial charge in [0, 0.05) is 6.07 Å². The van der Waals surface area contributed by atoms with Crippen LogP contribution < -0.4 is 4.74 Å². The molecule has 0 atom stereocenters. The quantitative estimate of drug-likeness (QED) is 0.351. The Hall–Kier alpha value is -3.86. The van der Waals surface area contributed by atoms with Crippen molar-refractivity contribution in [2.45, 2.75) is 6.92 Å². The summed E-state index contributed by atoms with van der Waals surface area (Å²) in [5.41, 5.74) is 0.443. The first kappa shape index (κ1) is 18.5. The summed E-state index contributed by atoms with van der Waals surface area (Å²) in [6.45, 7) is 1.86. The zero-order valence-corrected chi connectivity index (χ0v) is 13.7. The topological polar surface area (TPSA) is 134 Å². The van der Waals surface area contributed by atoms with E-state index in [1.165, 1.54) is 36.4 Å². The fraction of sp³-hybridized carbons (Fsp3) is 0.111. The number of carboxylic acid groups (broad SMARTS) is 1. The largest absolute Gasteiger partial charge is 0.500 e. The SMILES string of the molecule is CCOc1cc(/C=C(/C#N)c2ccc(C(=O)O)cc2)cc([N+](=O)[O-])c1O. The van der Waals surface area contributed by atoms with Crippen molar-refractivity contribution in [1.29, 1.82) is 5.26 Å². The van der Waals surface area contributed by atoms with Gasteiger partial charge in [0.05, 0.1) is 28.7 Å². The van der Waals surface area contributed by atoms with Gasteiger partial charge < -0.3 is 14.9 Å². The van der Waals surface area contributed by atoms with E-state index in [2.05, 4.69) is 0 Å². The Morgan fingerprint density at radius 1 is 1.31 bits per heavy atom. The summed E-state index contributed by atoms with van der Waals surface area (Å²) in [6, 6.07) is 10.1. The van der Waals surface area contributed by atoms with Crippen LogP contribution in [0.2, 0.25) is 0 Å². The predicted molar refractivity (Wildman–Crippen MR) is 92.8 cm³/mol. The van der Waals surface area contributed by atoms with Crippen molar-refractivity contribution in [3.05, 3.63) is 63.2 Å². The van der Waals surface area contributed by atoms with Gasteiger partial charge in [0.2, 0.25) is 5.75 Å². The van der Waals surface area contributed by atoms with Crippen LogP contribution in [0.3, 0.4) is 0 Å². The molecule has 0 saturated carbocycles. The number of nitrogens with zero attached hydrogens (tertiary/aromatic N) is 2. The number of hydrogen-bond acceptors (Lipinski definition) is 6. The highest BCUT2D eigenvalue weighted by atomic mass is 16.6. The molecule has 0 spiro atoms. The molecule has 8 nitrogen and oxygen atoms in total. The van der Waals surface area contributed by atoms with Gasteiger partial charge in [-0.3, -0.25) is 10.1 Å². The van der Waals surface area contributed by atoms with Gasteiger partial charge in [0.15, 0.2) is 5.75 Å². The van der Waals surface area contributed by atoms with Crippen LogP contribution >= 0.6 is 0 Å². The molecule has 0 heterocycles. The molecule has 2 aromatic rings. The normalized spacial score (nSPS) is 10.8. The summed E-state index contributed by atoms with van der Waals surface area (Å²) < 4.78 is 5.20. The fourth-order valence-electron chi connectivity index (χ4n) is 2.24. The maximum absolute atomic E-state index is 11.1. The van der Waals surface area contributed by atoms with Crippen molar-refractivity contribution in [3.8, 4) is 17.6 Å². The van der Waals surface area contributed by atoms with E-state index in [0.29, 0.717) is 5.56 Å². The first-order valence-corrected chi connectivity index (χ1v) is 7.47. The highest BCUT2D eigenvalue weighted by Crippen LogP contribution is 2.38. The number of aromatic carboxylic acids is 1. The number of allylic oxidation sites excluding steroid dienone is 1. The van der Waals surface area contributed by atoms with Gasteiger partial charge in [-0.05, 0) is 42.3 Å². The maximum Gasteiger partial charge on any atom is 0.335 e. The van der Waals surface area contributed by atoms with E-state index in [-0.39, 0.29) is 29.1 Å². The van der Waals surface area contributed by atoms with Gasteiger partial charge in [0.25, 0.3) is 0 Å². The van der Waals surface area contributed by atoms with Crippen LogP contribution in [0.25, 0.3) is 11.6 Å². The highest BCUT2D eigenvalue weighted by Gasteiger charge is 2.20. The molecule has 0 aliphatic carbocycles. The van der Waals surface area contributed by atoms with E-state index >= 15 is 0 Å². The van der Waals surface area contributed by atoms with Gasteiger partial charge in [-0.15, -0.1) is 0 Å². The van der Waals surface area contributed by atoms with Crippen molar-refractivity contribution in [2.75, 3.05) is 6.61 Å². The molecular weight excluding hydrogens is 340 g/mol. The first-order valence-electron chi connectivity index (χ1n) is 7.47. The molecular formula is C18H14N2O6. The second-order valence-corrected chi connectivity index (χ2v) is 5.13. The molecule has 2 N–H and O–H groups in total. The second kappa shape index (κ2) is 7.81. The molecule has 0 unspecified atom stereocenters. The number of carbonyl (C=O) groups is 1. The van der Waals surface area contributed by atoms with Crippen LogP contribution in [0.4, 0.5) is 5.69 Å². The predicted octanol–water partition coefficient (Wildman–Crippen LogP) is 3.46. The number of benzene rings is 2. The molecule has 0 radical (unpaired) electrons. The van der Waals surface area contributed by atoms with Crippen molar-refractivity contribution < 1.29 is 24.7 Å². The first-order chi connectivity index (χ1) is 12.4. The minimum atomic E-state index is -1.09. The summed E-state index contributed by atoms with van der Waals surface area (Å²) >= 11 is 0. The van der Waals surface area contributed by atoms with E-state index < -0.39 is 22.3 Å². The number of hydrogen-bond donors (Lipinski definition) is 2. The molecule has 132 valence electrons. The monoisotopic (exact) mass is 354 g/mol. The maximum atomic E-state index is 11.1. The van der Waals surface area contributed by atoms with Crippen LogP contribution in [-0.2, 0) is 0 Å². The number of phenols is 1. The Kier molecular flexibility index (Phi) is 5.55. The van der Waals surface area contributed by atoms with E-state index in [1.54, 1.807) is 6.92 Å². The molecule has 0 amide bonds. The zero-order chi connectivity index (χ0) is 19.3. The van der Waals surface area contributed by atoms with Crippen molar-refractivity contribution in [1.82, 2.24) is 0 Å².